The molecule has 1 aromatic heterocycles. The normalized spacial score (nSPS) is 26.8. The van der Waals surface area contributed by atoms with Crippen LogP contribution in [-0.4, -0.2) is 46.4 Å². The highest BCUT2D eigenvalue weighted by atomic mass is 16.5. The molecule has 1 aromatic carbocycles. The van der Waals surface area contributed by atoms with Gasteiger partial charge >= 0.3 is 0 Å². The summed E-state index contributed by atoms with van der Waals surface area (Å²) in [5, 5.41) is 15.0. The van der Waals surface area contributed by atoms with Gasteiger partial charge in [-0.25, -0.2) is 0 Å². The summed E-state index contributed by atoms with van der Waals surface area (Å²) in [6.07, 6.45) is 3.33. The number of hydrogen-bond donors (Lipinski definition) is 1. The Labute approximate surface area is 156 Å². The molecule has 0 aliphatic heterocycles. The van der Waals surface area contributed by atoms with E-state index in [1.54, 1.807) is 20.2 Å². The Morgan fingerprint density at radius 3 is 2.74 bits per heavy atom. The van der Waals surface area contributed by atoms with Crippen LogP contribution in [0.5, 0.6) is 5.88 Å². The van der Waals surface area contributed by atoms with Gasteiger partial charge in [0.1, 0.15) is 12.2 Å². The first kappa shape index (κ1) is 17.6. The van der Waals surface area contributed by atoms with Crippen molar-refractivity contribution in [2.75, 3.05) is 14.1 Å². The zero-order chi connectivity index (χ0) is 19.2. The third-order valence-corrected chi connectivity index (χ3v) is 5.26. The average molecular weight is 368 g/mol. The van der Waals surface area contributed by atoms with Crippen molar-refractivity contribution < 1.29 is 24.0 Å². The number of carbonyl (C=O) groups is 2. The minimum atomic E-state index is -2.13. The summed E-state index contributed by atoms with van der Waals surface area (Å²) < 4.78 is 11.2. The Bertz CT molecular complexity index is 918. The summed E-state index contributed by atoms with van der Waals surface area (Å²) in [6.45, 7) is 0.190. The van der Waals surface area contributed by atoms with Crippen molar-refractivity contribution in [1.82, 2.24) is 10.1 Å². The Balaban J connectivity index is 1.75. The number of carbonyl (C=O) groups excluding carboxylic acids is 2. The van der Waals surface area contributed by atoms with Gasteiger partial charge in [-0.1, -0.05) is 36.4 Å². The SMILES string of the molecule is CN(C)C1c2onc(OCc3ccccc3)c2C(=O)C2(O)C(=O)C=CCC12. The second-order valence-electron chi connectivity index (χ2n) is 7.11. The van der Waals surface area contributed by atoms with Crippen LogP contribution in [-0.2, 0) is 11.4 Å². The summed E-state index contributed by atoms with van der Waals surface area (Å²) in [7, 11) is 3.61. The number of ether oxygens (including phenoxy) is 1. The van der Waals surface area contributed by atoms with Crippen molar-refractivity contribution in [3.05, 3.63) is 59.4 Å². The first-order valence-corrected chi connectivity index (χ1v) is 8.75. The number of Topliss-reactive ketones (excluding diaryl/α,β-unsaturated/α-hetero) is 1. The van der Waals surface area contributed by atoms with Gasteiger partial charge in [0, 0.05) is 5.92 Å². The Kier molecular flexibility index (Phi) is 4.20. The summed E-state index contributed by atoms with van der Waals surface area (Å²) in [6, 6.07) is 8.95. The number of ketones is 2. The number of allylic oxidation sites excluding steroid dienone is 1. The highest BCUT2D eigenvalue weighted by molar-refractivity contribution is 6.23. The van der Waals surface area contributed by atoms with Crippen LogP contribution in [0.1, 0.15) is 34.1 Å². The molecule has 3 unspecified atom stereocenters. The third kappa shape index (κ3) is 2.62. The smallest absolute Gasteiger partial charge is 0.265 e. The quantitative estimate of drug-likeness (QED) is 0.824. The number of aliphatic hydroxyl groups is 1. The maximum absolute atomic E-state index is 13.1. The van der Waals surface area contributed by atoms with Crippen LogP contribution >= 0.6 is 0 Å². The van der Waals surface area contributed by atoms with Crippen LogP contribution in [0, 0.1) is 5.92 Å². The van der Waals surface area contributed by atoms with Crippen molar-refractivity contribution in [3.8, 4) is 5.88 Å². The number of hydrogen-bond acceptors (Lipinski definition) is 7. The zero-order valence-electron chi connectivity index (χ0n) is 15.1. The Hall–Kier alpha value is -2.77. The van der Waals surface area contributed by atoms with Crippen molar-refractivity contribution in [1.29, 1.82) is 0 Å². The number of fused-ring (bicyclic) bond motifs is 2. The van der Waals surface area contributed by atoms with E-state index < -0.39 is 29.1 Å². The van der Waals surface area contributed by atoms with Crippen molar-refractivity contribution in [2.24, 2.45) is 5.92 Å². The molecule has 2 aliphatic carbocycles. The van der Waals surface area contributed by atoms with Gasteiger partial charge in [0.15, 0.2) is 17.1 Å². The molecule has 2 aliphatic rings. The zero-order valence-corrected chi connectivity index (χ0v) is 15.1. The van der Waals surface area contributed by atoms with Gasteiger partial charge in [-0.3, -0.25) is 14.5 Å². The number of nitrogens with zero attached hydrogens (tertiary/aromatic N) is 2. The number of rotatable bonds is 4. The lowest BCUT2D eigenvalue weighted by Crippen LogP contribution is -2.59. The average Bonchev–Trinajstić information content (AvgIpc) is 3.07. The molecule has 1 heterocycles. The van der Waals surface area contributed by atoms with Crippen molar-refractivity contribution in [2.45, 2.75) is 24.7 Å². The minimum Gasteiger partial charge on any atom is -0.470 e. The highest BCUT2D eigenvalue weighted by Crippen LogP contribution is 2.49. The largest absolute Gasteiger partial charge is 0.470 e. The van der Waals surface area contributed by atoms with Gasteiger partial charge in [-0.15, -0.1) is 0 Å². The summed E-state index contributed by atoms with van der Waals surface area (Å²) in [5.74, 6) is -1.64. The molecule has 0 saturated heterocycles. The molecule has 4 rings (SSSR count). The van der Waals surface area contributed by atoms with Crippen LogP contribution in [0.15, 0.2) is 47.0 Å². The van der Waals surface area contributed by atoms with E-state index in [2.05, 4.69) is 5.16 Å². The molecule has 1 N–H and O–H groups in total. The molecular weight excluding hydrogens is 348 g/mol. The molecule has 0 spiro atoms. The fourth-order valence-corrected chi connectivity index (χ4v) is 3.93. The molecule has 7 heteroatoms. The van der Waals surface area contributed by atoms with Gasteiger partial charge in [0.05, 0.1) is 6.04 Å². The first-order chi connectivity index (χ1) is 12.9. The standard InChI is InChI=1S/C20H20N2O5/c1-22(2)16-13-9-6-10-14(23)20(13,25)18(24)15-17(16)27-21-19(15)26-11-12-7-4-3-5-8-12/h3-8,10,13,16,25H,9,11H2,1-2H3. The van der Waals surface area contributed by atoms with Gasteiger partial charge in [-0.05, 0) is 37.3 Å². The lowest BCUT2D eigenvalue weighted by Gasteiger charge is -2.43. The predicted molar refractivity (Wildman–Crippen MR) is 95.2 cm³/mol. The number of benzene rings is 1. The lowest BCUT2D eigenvalue weighted by atomic mass is 9.65. The molecule has 27 heavy (non-hydrogen) atoms. The fraction of sp³-hybridized carbons (Fsp3) is 0.350. The monoisotopic (exact) mass is 368 g/mol. The van der Waals surface area contributed by atoms with E-state index >= 15 is 0 Å². The lowest BCUT2D eigenvalue weighted by molar-refractivity contribution is -0.137. The van der Waals surface area contributed by atoms with Crippen LogP contribution < -0.4 is 4.74 Å². The van der Waals surface area contributed by atoms with Gasteiger partial charge < -0.3 is 14.4 Å². The molecule has 2 aromatic rings. The van der Waals surface area contributed by atoms with E-state index in [4.69, 9.17) is 9.26 Å². The number of aromatic nitrogens is 1. The van der Waals surface area contributed by atoms with Crippen LogP contribution in [0.3, 0.4) is 0 Å². The van der Waals surface area contributed by atoms with E-state index in [0.717, 1.165) is 5.56 Å². The first-order valence-electron chi connectivity index (χ1n) is 8.75. The van der Waals surface area contributed by atoms with Crippen molar-refractivity contribution >= 4 is 11.6 Å². The van der Waals surface area contributed by atoms with E-state index in [1.807, 2.05) is 35.2 Å². The third-order valence-electron chi connectivity index (χ3n) is 5.26. The molecular formula is C20H20N2O5. The van der Waals surface area contributed by atoms with Crippen LogP contribution in [0.25, 0.3) is 0 Å². The molecule has 0 saturated carbocycles. The van der Waals surface area contributed by atoms with Gasteiger partial charge in [-0.2, -0.15) is 0 Å². The van der Waals surface area contributed by atoms with E-state index in [0.29, 0.717) is 12.2 Å². The molecule has 7 nitrogen and oxygen atoms in total. The maximum Gasteiger partial charge on any atom is 0.265 e. The molecule has 3 atom stereocenters. The van der Waals surface area contributed by atoms with Gasteiger partial charge in [0.25, 0.3) is 5.88 Å². The topological polar surface area (TPSA) is 92.9 Å². The maximum atomic E-state index is 13.1. The van der Waals surface area contributed by atoms with E-state index in [-0.39, 0.29) is 18.1 Å². The molecule has 0 radical (unpaired) electrons. The fourth-order valence-electron chi connectivity index (χ4n) is 3.93. The minimum absolute atomic E-state index is 0.0000638. The van der Waals surface area contributed by atoms with Gasteiger partial charge in [0.2, 0.25) is 5.78 Å². The van der Waals surface area contributed by atoms with Crippen LogP contribution in [0.2, 0.25) is 0 Å². The van der Waals surface area contributed by atoms with E-state index in [1.165, 1.54) is 6.08 Å². The summed E-state index contributed by atoms with van der Waals surface area (Å²) >= 11 is 0. The molecule has 0 amide bonds. The molecule has 0 fully saturated rings. The van der Waals surface area contributed by atoms with Crippen LogP contribution in [0.4, 0.5) is 0 Å². The summed E-state index contributed by atoms with van der Waals surface area (Å²) in [5.41, 5.74) is -1.19. The highest BCUT2D eigenvalue weighted by Gasteiger charge is 2.60. The molecule has 140 valence electrons. The van der Waals surface area contributed by atoms with E-state index in [9.17, 15) is 14.7 Å². The second kappa shape index (κ2) is 6.44. The Morgan fingerprint density at radius 2 is 2.04 bits per heavy atom. The summed E-state index contributed by atoms with van der Waals surface area (Å²) in [4.78, 5) is 27.4. The van der Waals surface area contributed by atoms with Crippen molar-refractivity contribution in [3.63, 3.8) is 0 Å². The molecule has 0 bridgehead atoms. The Morgan fingerprint density at radius 1 is 1.30 bits per heavy atom. The predicted octanol–water partition coefficient (Wildman–Crippen LogP) is 1.93. The second-order valence-corrected chi connectivity index (χ2v) is 7.11.